The fourth-order valence-electron chi connectivity index (χ4n) is 5.98. The Morgan fingerprint density at radius 3 is 2.66 bits per heavy atom. The molecule has 4 heterocycles. The van der Waals surface area contributed by atoms with Gasteiger partial charge < -0.3 is 25.0 Å². The molecule has 0 radical (unpaired) electrons. The van der Waals surface area contributed by atoms with Gasteiger partial charge in [-0.25, -0.2) is 9.78 Å². The van der Waals surface area contributed by atoms with Gasteiger partial charge in [-0.2, -0.15) is 0 Å². The SMILES string of the molecule is COC(C)(C)CC(=O)N1CCCC(NC(=O)[C@@H]2Sc3nccc4c3C2NC(=O)N4c2ccc(Oc3ccccc3)cc2C)C1. The molecule has 10 nitrogen and oxygen atoms in total. The monoisotopic (exact) mass is 615 g/mol. The van der Waals surface area contributed by atoms with E-state index in [9.17, 15) is 14.4 Å². The first-order chi connectivity index (χ1) is 21.1. The van der Waals surface area contributed by atoms with Gasteiger partial charge in [0.2, 0.25) is 11.8 Å². The predicted octanol–water partition coefficient (Wildman–Crippen LogP) is 5.48. The number of nitrogens with zero attached hydrogens (tertiary/aromatic N) is 3. The van der Waals surface area contributed by atoms with Crippen molar-refractivity contribution in [2.24, 2.45) is 0 Å². The van der Waals surface area contributed by atoms with Crippen LogP contribution in [0.15, 0.2) is 65.8 Å². The van der Waals surface area contributed by atoms with Crippen LogP contribution in [0.4, 0.5) is 16.2 Å². The molecule has 0 aliphatic carbocycles. The topological polar surface area (TPSA) is 113 Å². The van der Waals surface area contributed by atoms with E-state index in [4.69, 9.17) is 9.47 Å². The summed E-state index contributed by atoms with van der Waals surface area (Å²) in [5, 5.41) is 6.40. The second-order valence-corrected chi connectivity index (χ2v) is 13.2. The van der Waals surface area contributed by atoms with Gasteiger partial charge in [0.15, 0.2) is 0 Å². The Kier molecular flexibility index (Phi) is 8.26. The second kappa shape index (κ2) is 12.1. The van der Waals surface area contributed by atoms with Gasteiger partial charge in [0.05, 0.1) is 29.4 Å². The molecule has 0 bridgehead atoms. The Morgan fingerprint density at radius 2 is 1.91 bits per heavy atom. The van der Waals surface area contributed by atoms with Crippen molar-refractivity contribution in [2.45, 2.75) is 68.0 Å². The average Bonchev–Trinajstić information content (AvgIpc) is 3.38. The highest BCUT2D eigenvalue weighted by Crippen LogP contribution is 2.51. The summed E-state index contributed by atoms with van der Waals surface area (Å²) in [6.45, 7) is 6.83. The molecule has 2 unspecified atom stereocenters. The molecule has 44 heavy (non-hydrogen) atoms. The first-order valence-corrected chi connectivity index (χ1v) is 15.7. The molecule has 2 N–H and O–H groups in total. The number of piperidine rings is 1. The highest BCUT2D eigenvalue weighted by molar-refractivity contribution is 8.01. The molecule has 230 valence electrons. The summed E-state index contributed by atoms with van der Waals surface area (Å²) in [5.41, 5.74) is 2.58. The summed E-state index contributed by atoms with van der Waals surface area (Å²) >= 11 is 1.36. The van der Waals surface area contributed by atoms with Crippen molar-refractivity contribution in [1.82, 2.24) is 20.5 Å². The van der Waals surface area contributed by atoms with E-state index in [1.807, 2.05) is 80.3 Å². The molecular formula is C33H37N5O5S. The quantitative estimate of drug-likeness (QED) is 0.345. The molecule has 0 spiro atoms. The number of likely N-dealkylation sites (tertiary alicyclic amines) is 1. The van der Waals surface area contributed by atoms with Gasteiger partial charge >= 0.3 is 6.03 Å². The standard InChI is InChI=1S/C33H37N5O5S/c1-20-17-23(43-22-10-6-5-7-11-22)12-13-24(20)38-25-14-15-34-31-27(25)28(36-32(38)41)29(44-31)30(40)35-21-9-8-16-37(19-21)26(39)18-33(2,3)42-4/h5-7,10-15,17,21,28-29H,8-9,16,18-19H2,1-4H3,(H,35,40)(H,36,41)/t21?,28?,29-/m1/s1. The maximum absolute atomic E-state index is 13.7. The fraction of sp³-hybridized carbons (Fsp3) is 0.394. The van der Waals surface area contributed by atoms with Crippen LogP contribution in [0.1, 0.15) is 50.3 Å². The number of carbonyl (C=O) groups excluding carboxylic acids is 3. The Hall–Kier alpha value is -4.09. The molecule has 11 heteroatoms. The van der Waals surface area contributed by atoms with Crippen molar-refractivity contribution < 1.29 is 23.9 Å². The van der Waals surface area contributed by atoms with Gasteiger partial charge in [-0.3, -0.25) is 14.5 Å². The number of pyridine rings is 1. The number of aryl methyl sites for hydroxylation is 1. The molecule has 3 aromatic rings. The van der Waals surface area contributed by atoms with Gasteiger partial charge in [-0.1, -0.05) is 30.0 Å². The first kappa shape index (κ1) is 30.0. The minimum atomic E-state index is -0.578. The Labute approximate surface area is 261 Å². The summed E-state index contributed by atoms with van der Waals surface area (Å²) < 4.78 is 11.4. The van der Waals surface area contributed by atoms with Crippen LogP contribution in [0.5, 0.6) is 11.5 Å². The number of hydrogen-bond donors (Lipinski definition) is 2. The summed E-state index contributed by atoms with van der Waals surface area (Å²) in [4.78, 5) is 48.3. The summed E-state index contributed by atoms with van der Waals surface area (Å²) in [7, 11) is 1.60. The Balaban J connectivity index is 1.17. The first-order valence-electron chi connectivity index (χ1n) is 14.9. The number of para-hydroxylation sites is 1. The lowest BCUT2D eigenvalue weighted by atomic mass is 9.98. The van der Waals surface area contributed by atoms with Gasteiger partial charge in [0, 0.05) is 38.0 Å². The number of hydrogen-bond acceptors (Lipinski definition) is 7. The molecule has 0 saturated carbocycles. The molecule has 1 aromatic heterocycles. The van der Waals surface area contributed by atoms with E-state index in [1.165, 1.54) is 11.8 Å². The Morgan fingerprint density at radius 1 is 1.11 bits per heavy atom. The maximum Gasteiger partial charge on any atom is 0.327 e. The molecule has 3 aliphatic heterocycles. The number of rotatable bonds is 8. The van der Waals surface area contributed by atoms with Crippen LogP contribution in [-0.2, 0) is 14.3 Å². The number of carbonyl (C=O) groups is 3. The van der Waals surface area contributed by atoms with Crippen molar-refractivity contribution in [2.75, 3.05) is 25.1 Å². The van der Waals surface area contributed by atoms with Crippen LogP contribution in [0.25, 0.3) is 0 Å². The predicted molar refractivity (Wildman–Crippen MR) is 168 cm³/mol. The number of nitrogens with one attached hydrogen (secondary N) is 2. The number of aromatic nitrogens is 1. The van der Waals surface area contributed by atoms with E-state index in [1.54, 1.807) is 18.2 Å². The highest BCUT2D eigenvalue weighted by atomic mass is 32.2. The third kappa shape index (κ3) is 5.98. The van der Waals surface area contributed by atoms with E-state index < -0.39 is 16.9 Å². The number of amides is 4. The summed E-state index contributed by atoms with van der Waals surface area (Å²) in [6, 6.07) is 16.0. The molecule has 3 aliphatic rings. The van der Waals surface area contributed by atoms with Crippen molar-refractivity contribution in [1.29, 1.82) is 0 Å². The molecule has 6 rings (SSSR count). The zero-order chi connectivity index (χ0) is 31.0. The van der Waals surface area contributed by atoms with Crippen molar-refractivity contribution >= 4 is 41.0 Å². The maximum atomic E-state index is 13.7. The zero-order valence-corrected chi connectivity index (χ0v) is 26.1. The summed E-state index contributed by atoms with van der Waals surface area (Å²) in [5.74, 6) is 1.24. The van der Waals surface area contributed by atoms with Gasteiger partial charge in [0.25, 0.3) is 0 Å². The number of methoxy groups -OCH3 is 1. The van der Waals surface area contributed by atoms with E-state index >= 15 is 0 Å². The lowest BCUT2D eigenvalue weighted by Gasteiger charge is -2.37. The van der Waals surface area contributed by atoms with Crippen molar-refractivity contribution in [3.05, 3.63) is 71.9 Å². The zero-order valence-electron chi connectivity index (χ0n) is 25.3. The smallest absolute Gasteiger partial charge is 0.327 e. The second-order valence-electron chi connectivity index (χ2n) is 12.0. The van der Waals surface area contributed by atoms with Gasteiger partial charge in [0.1, 0.15) is 21.8 Å². The van der Waals surface area contributed by atoms with E-state index in [2.05, 4.69) is 15.6 Å². The van der Waals surface area contributed by atoms with Gasteiger partial charge in [-0.15, -0.1) is 0 Å². The van der Waals surface area contributed by atoms with Crippen LogP contribution in [0.2, 0.25) is 0 Å². The average molecular weight is 616 g/mol. The molecular weight excluding hydrogens is 578 g/mol. The Bertz CT molecular complexity index is 1580. The minimum absolute atomic E-state index is 0.0156. The fourth-order valence-corrected chi connectivity index (χ4v) is 7.22. The number of ether oxygens (including phenoxy) is 2. The highest BCUT2D eigenvalue weighted by Gasteiger charge is 2.47. The lowest BCUT2D eigenvalue weighted by Crippen LogP contribution is -2.54. The lowest BCUT2D eigenvalue weighted by molar-refractivity contribution is -0.138. The number of thioether (sulfide) groups is 1. The van der Waals surface area contributed by atoms with Crippen LogP contribution >= 0.6 is 11.8 Å². The van der Waals surface area contributed by atoms with Crippen molar-refractivity contribution in [3.63, 3.8) is 0 Å². The van der Waals surface area contributed by atoms with Crippen LogP contribution < -0.4 is 20.3 Å². The molecule has 1 fully saturated rings. The van der Waals surface area contributed by atoms with Crippen molar-refractivity contribution in [3.8, 4) is 11.5 Å². The number of benzene rings is 2. The van der Waals surface area contributed by atoms with E-state index in [-0.39, 0.29) is 30.3 Å². The normalized spacial score (nSPS) is 21.0. The van der Waals surface area contributed by atoms with E-state index in [0.29, 0.717) is 24.5 Å². The minimum Gasteiger partial charge on any atom is -0.457 e. The molecule has 4 amide bonds. The van der Waals surface area contributed by atoms with E-state index in [0.717, 1.165) is 40.4 Å². The van der Waals surface area contributed by atoms with Crippen LogP contribution in [0.3, 0.4) is 0 Å². The third-order valence-electron chi connectivity index (χ3n) is 8.40. The number of urea groups is 1. The third-order valence-corrected chi connectivity index (χ3v) is 9.69. The van der Waals surface area contributed by atoms with Crippen LogP contribution in [-0.4, -0.2) is 64.8 Å². The molecule has 3 atom stereocenters. The number of anilines is 2. The summed E-state index contributed by atoms with van der Waals surface area (Å²) in [6.07, 6.45) is 3.54. The van der Waals surface area contributed by atoms with Crippen LogP contribution in [0, 0.1) is 6.92 Å². The van der Waals surface area contributed by atoms with Gasteiger partial charge in [-0.05, 0) is 75.6 Å². The largest absolute Gasteiger partial charge is 0.457 e. The molecule has 2 aromatic carbocycles. The molecule has 1 saturated heterocycles.